The van der Waals surface area contributed by atoms with Gasteiger partial charge in [0.25, 0.3) is 0 Å². The van der Waals surface area contributed by atoms with Crippen LogP contribution in [0.25, 0.3) is 0 Å². The quantitative estimate of drug-likeness (QED) is 0.527. The first-order chi connectivity index (χ1) is 4.61. The molecule has 10 heavy (non-hydrogen) atoms. The summed E-state index contributed by atoms with van der Waals surface area (Å²) in [6.45, 7) is 5.92. The molecular formula is C7H13IO2. The summed E-state index contributed by atoms with van der Waals surface area (Å²) in [4.78, 5) is 0. The van der Waals surface area contributed by atoms with E-state index >= 15 is 0 Å². The lowest BCUT2D eigenvalue weighted by molar-refractivity contribution is -0.187. The molecule has 3 heteroatoms. The van der Waals surface area contributed by atoms with Crippen molar-refractivity contribution < 1.29 is 9.47 Å². The maximum absolute atomic E-state index is 5.41. The third kappa shape index (κ3) is 2.36. The minimum absolute atomic E-state index is 0.0122. The van der Waals surface area contributed by atoms with Gasteiger partial charge >= 0.3 is 0 Å². The van der Waals surface area contributed by atoms with Gasteiger partial charge in [-0.2, -0.15) is 0 Å². The Labute approximate surface area is 75.4 Å². The van der Waals surface area contributed by atoms with E-state index in [1.165, 1.54) is 0 Å². The van der Waals surface area contributed by atoms with E-state index in [4.69, 9.17) is 9.47 Å². The Bertz CT molecular complexity index is 103. The minimum atomic E-state index is -0.0122. The van der Waals surface area contributed by atoms with Gasteiger partial charge in [0.15, 0.2) is 6.29 Å². The molecule has 0 atom stereocenters. The Hall–Kier alpha value is 0.650. The summed E-state index contributed by atoms with van der Waals surface area (Å²) in [6.07, 6.45) is 1.02. The summed E-state index contributed by atoms with van der Waals surface area (Å²) < 4.78 is 10.9. The topological polar surface area (TPSA) is 18.5 Å². The van der Waals surface area contributed by atoms with Gasteiger partial charge in [-0.25, -0.2) is 0 Å². The van der Waals surface area contributed by atoms with Crippen molar-refractivity contribution >= 4 is 22.6 Å². The first-order valence-corrected chi connectivity index (χ1v) is 4.61. The highest BCUT2D eigenvalue weighted by atomic mass is 127. The van der Waals surface area contributed by atoms with Crippen LogP contribution in [0.15, 0.2) is 0 Å². The Morgan fingerprint density at radius 2 is 1.80 bits per heavy atom. The van der Waals surface area contributed by atoms with Crippen molar-refractivity contribution in [2.75, 3.05) is 13.2 Å². The first kappa shape index (κ1) is 8.74. The van der Waals surface area contributed by atoms with Crippen LogP contribution in [0.1, 0.15) is 20.3 Å². The maximum Gasteiger partial charge on any atom is 0.171 e. The molecule has 0 N–H and O–H groups in total. The van der Waals surface area contributed by atoms with Gasteiger partial charge in [0.05, 0.1) is 16.6 Å². The standard InChI is InChI=1S/C7H13IO2/c1-7(2,8)6-9-4-3-5-10-6/h6H,3-5H2,1-2H3. The van der Waals surface area contributed by atoms with Crippen LogP contribution in [-0.2, 0) is 9.47 Å². The molecule has 0 aromatic rings. The van der Waals surface area contributed by atoms with Gasteiger partial charge in [-0.15, -0.1) is 0 Å². The second kappa shape index (κ2) is 3.36. The Kier molecular flexibility index (Phi) is 2.94. The molecular weight excluding hydrogens is 243 g/mol. The molecule has 0 bridgehead atoms. The molecule has 1 saturated heterocycles. The monoisotopic (exact) mass is 256 g/mol. The maximum atomic E-state index is 5.41. The molecule has 0 amide bonds. The molecule has 0 aliphatic carbocycles. The number of ether oxygens (including phenoxy) is 2. The third-order valence-electron chi connectivity index (χ3n) is 1.39. The summed E-state index contributed by atoms with van der Waals surface area (Å²) >= 11 is 2.35. The smallest absolute Gasteiger partial charge is 0.171 e. The molecule has 0 radical (unpaired) electrons. The summed E-state index contributed by atoms with van der Waals surface area (Å²) in [5.41, 5.74) is 0. The van der Waals surface area contributed by atoms with Crippen molar-refractivity contribution in [3.05, 3.63) is 0 Å². The first-order valence-electron chi connectivity index (χ1n) is 3.53. The van der Waals surface area contributed by atoms with Crippen molar-refractivity contribution in [3.63, 3.8) is 0 Å². The minimum Gasteiger partial charge on any atom is -0.351 e. The number of alkyl halides is 1. The molecule has 60 valence electrons. The van der Waals surface area contributed by atoms with Crippen LogP contribution in [0, 0.1) is 0 Å². The van der Waals surface area contributed by atoms with Gasteiger partial charge < -0.3 is 9.47 Å². The highest BCUT2D eigenvalue weighted by Crippen LogP contribution is 2.26. The van der Waals surface area contributed by atoms with Gasteiger partial charge in [-0.1, -0.05) is 22.6 Å². The second-order valence-electron chi connectivity index (χ2n) is 2.99. The van der Waals surface area contributed by atoms with Crippen LogP contribution in [0.2, 0.25) is 0 Å². The van der Waals surface area contributed by atoms with E-state index in [2.05, 4.69) is 36.4 Å². The van der Waals surface area contributed by atoms with E-state index in [9.17, 15) is 0 Å². The Morgan fingerprint density at radius 1 is 1.30 bits per heavy atom. The van der Waals surface area contributed by atoms with E-state index in [1.54, 1.807) is 0 Å². The molecule has 0 aromatic carbocycles. The fraction of sp³-hybridized carbons (Fsp3) is 1.00. The molecule has 0 saturated carbocycles. The van der Waals surface area contributed by atoms with Crippen molar-refractivity contribution in [2.24, 2.45) is 0 Å². The van der Waals surface area contributed by atoms with Crippen LogP contribution < -0.4 is 0 Å². The number of hydrogen-bond donors (Lipinski definition) is 0. The number of halogens is 1. The zero-order chi connectivity index (χ0) is 7.61. The SMILES string of the molecule is CC(C)(I)C1OCCCO1. The average molecular weight is 256 g/mol. The van der Waals surface area contributed by atoms with Crippen LogP contribution in [0.4, 0.5) is 0 Å². The zero-order valence-electron chi connectivity index (χ0n) is 6.39. The second-order valence-corrected chi connectivity index (χ2v) is 5.77. The van der Waals surface area contributed by atoms with Crippen molar-refractivity contribution in [3.8, 4) is 0 Å². The highest BCUT2D eigenvalue weighted by Gasteiger charge is 2.29. The largest absolute Gasteiger partial charge is 0.351 e. The molecule has 1 heterocycles. The zero-order valence-corrected chi connectivity index (χ0v) is 8.55. The van der Waals surface area contributed by atoms with Gasteiger partial charge in [-0.3, -0.25) is 0 Å². The van der Waals surface area contributed by atoms with Crippen molar-refractivity contribution in [1.82, 2.24) is 0 Å². The van der Waals surface area contributed by atoms with Crippen LogP contribution in [0.5, 0.6) is 0 Å². The summed E-state index contributed by atoms with van der Waals surface area (Å²) in [6, 6.07) is 0. The molecule has 0 unspecified atom stereocenters. The van der Waals surface area contributed by atoms with E-state index in [0.717, 1.165) is 19.6 Å². The molecule has 0 spiro atoms. The lowest BCUT2D eigenvalue weighted by Gasteiger charge is -2.31. The fourth-order valence-corrected chi connectivity index (χ4v) is 1.24. The normalized spacial score (nSPS) is 23.1. The highest BCUT2D eigenvalue weighted by molar-refractivity contribution is 14.1. The van der Waals surface area contributed by atoms with Gasteiger partial charge in [0, 0.05) is 0 Å². The number of rotatable bonds is 1. The molecule has 1 fully saturated rings. The Balaban J connectivity index is 2.39. The van der Waals surface area contributed by atoms with E-state index < -0.39 is 0 Å². The molecule has 2 nitrogen and oxygen atoms in total. The average Bonchev–Trinajstić information content (AvgIpc) is 1.88. The third-order valence-corrected chi connectivity index (χ3v) is 1.90. The van der Waals surface area contributed by atoms with E-state index in [1.807, 2.05) is 0 Å². The predicted octanol–water partition coefficient (Wildman–Crippen LogP) is 1.96. The Morgan fingerprint density at radius 3 is 2.10 bits per heavy atom. The fourth-order valence-electron chi connectivity index (χ4n) is 0.884. The van der Waals surface area contributed by atoms with Gasteiger partial charge in [-0.05, 0) is 20.3 Å². The molecule has 0 aromatic heterocycles. The van der Waals surface area contributed by atoms with E-state index in [-0.39, 0.29) is 9.71 Å². The molecule has 1 aliphatic rings. The summed E-state index contributed by atoms with van der Waals surface area (Å²) in [7, 11) is 0. The predicted molar refractivity (Wildman–Crippen MR) is 48.4 cm³/mol. The van der Waals surface area contributed by atoms with Gasteiger partial charge in [0.1, 0.15) is 0 Å². The van der Waals surface area contributed by atoms with Crippen LogP contribution >= 0.6 is 22.6 Å². The summed E-state index contributed by atoms with van der Waals surface area (Å²) in [5, 5.41) is 0. The number of hydrogen-bond acceptors (Lipinski definition) is 2. The molecule has 1 rings (SSSR count). The van der Waals surface area contributed by atoms with Crippen molar-refractivity contribution in [1.29, 1.82) is 0 Å². The van der Waals surface area contributed by atoms with Crippen molar-refractivity contribution in [2.45, 2.75) is 30.0 Å². The van der Waals surface area contributed by atoms with E-state index in [0.29, 0.717) is 0 Å². The molecule has 1 aliphatic heterocycles. The summed E-state index contributed by atoms with van der Waals surface area (Å²) in [5.74, 6) is 0. The van der Waals surface area contributed by atoms with Crippen LogP contribution in [0.3, 0.4) is 0 Å². The lowest BCUT2D eigenvalue weighted by atomic mass is 10.2. The van der Waals surface area contributed by atoms with Gasteiger partial charge in [0.2, 0.25) is 0 Å². The van der Waals surface area contributed by atoms with Crippen LogP contribution in [-0.4, -0.2) is 22.9 Å². The lowest BCUT2D eigenvalue weighted by Crippen LogP contribution is -2.38.